The summed E-state index contributed by atoms with van der Waals surface area (Å²) in [6.45, 7) is 6.01. The lowest BCUT2D eigenvalue weighted by molar-refractivity contribution is -0.00315. The lowest BCUT2D eigenvalue weighted by Crippen LogP contribution is -2.39. The predicted molar refractivity (Wildman–Crippen MR) is 68.6 cm³/mol. The maximum Gasteiger partial charge on any atom is 0.257 e. The average Bonchev–Trinajstić information content (AvgIpc) is 2.82. The Kier molecular flexibility index (Phi) is 4.42. The van der Waals surface area contributed by atoms with Gasteiger partial charge in [0.2, 0.25) is 0 Å². The van der Waals surface area contributed by atoms with Crippen molar-refractivity contribution in [3.05, 3.63) is 23.7 Å². The Labute approximate surface area is 108 Å². The lowest BCUT2D eigenvalue weighted by atomic mass is 10.1. The summed E-state index contributed by atoms with van der Waals surface area (Å²) in [4.78, 5) is 14.2. The summed E-state index contributed by atoms with van der Waals surface area (Å²) in [5, 5.41) is 0. The monoisotopic (exact) mass is 251 g/mol. The van der Waals surface area contributed by atoms with Crippen LogP contribution in [0.25, 0.3) is 0 Å². The molecule has 1 aromatic heterocycles. The van der Waals surface area contributed by atoms with E-state index in [9.17, 15) is 4.79 Å². The van der Waals surface area contributed by atoms with E-state index >= 15 is 0 Å². The normalized spacial score (nSPS) is 19.8. The van der Waals surface area contributed by atoms with E-state index in [4.69, 9.17) is 9.15 Å². The number of rotatable bonds is 4. The second-order valence-electron chi connectivity index (χ2n) is 4.72. The zero-order chi connectivity index (χ0) is 13.0. The first-order valence-corrected chi connectivity index (χ1v) is 6.67. The van der Waals surface area contributed by atoms with E-state index in [0.29, 0.717) is 24.4 Å². The summed E-state index contributed by atoms with van der Waals surface area (Å²) in [5.41, 5.74) is 0.660. The van der Waals surface area contributed by atoms with Crippen LogP contribution in [0.4, 0.5) is 0 Å². The highest BCUT2D eigenvalue weighted by atomic mass is 16.5. The molecule has 1 saturated heterocycles. The fourth-order valence-corrected chi connectivity index (χ4v) is 2.33. The van der Waals surface area contributed by atoms with Crippen molar-refractivity contribution >= 4 is 5.91 Å². The Bertz CT molecular complexity index is 393. The highest BCUT2D eigenvalue weighted by molar-refractivity contribution is 5.95. The summed E-state index contributed by atoms with van der Waals surface area (Å²) < 4.78 is 10.9. The first kappa shape index (κ1) is 13.1. The number of carbonyl (C=O) groups excluding carboxylic acids is 1. The van der Waals surface area contributed by atoms with Gasteiger partial charge in [0.25, 0.3) is 5.91 Å². The minimum atomic E-state index is 0.0397. The predicted octanol–water partition coefficient (Wildman–Crippen LogP) is 2.62. The molecule has 1 atom stereocenters. The molecule has 0 radical (unpaired) electrons. The van der Waals surface area contributed by atoms with Crippen LogP contribution in [0.2, 0.25) is 0 Å². The third-order valence-corrected chi connectivity index (χ3v) is 3.46. The van der Waals surface area contributed by atoms with E-state index in [-0.39, 0.29) is 12.0 Å². The summed E-state index contributed by atoms with van der Waals surface area (Å²) >= 11 is 0. The van der Waals surface area contributed by atoms with E-state index in [1.165, 1.54) is 6.42 Å². The molecule has 0 unspecified atom stereocenters. The summed E-state index contributed by atoms with van der Waals surface area (Å²) in [6, 6.07) is 1.74. The molecule has 1 aromatic rings. The second kappa shape index (κ2) is 6.05. The van der Waals surface area contributed by atoms with Gasteiger partial charge >= 0.3 is 0 Å². The van der Waals surface area contributed by atoms with Gasteiger partial charge in [-0.05, 0) is 39.2 Å². The molecule has 0 bridgehead atoms. The molecule has 0 N–H and O–H groups in total. The maximum absolute atomic E-state index is 12.3. The van der Waals surface area contributed by atoms with Gasteiger partial charge in [0.05, 0.1) is 17.9 Å². The highest BCUT2D eigenvalue weighted by Crippen LogP contribution is 2.17. The molecular formula is C14H21NO3. The number of hydrogen-bond acceptors (Lipinski definition) is 3. The van der Waals surface area contributed by atoms with Crippen LogP contribution in [0, 0.1) is 6.92 Å². The number of aryl methyl sites for hydroxylation is 1. The fraction of sp³-hybridized carbons (Fsp3) is 0.643. The van der Waals surface area contributed by atoms with Crippen LogP contribution < -0.4 is 0 Å². The lowest BCUT2D eigenvalue weighted by Gasteiger charge is -2.29. The first-order valence-electron chi connectivity index (χ1n) is 6.67. The van der Waals surface area contributed by atoms with Crippen molar-refractivity contribution < 1.29 is 13.9 Å². The van der Waals surface area contributed by atoms with Crippen LogP contribution in [0.5, 0.6) is 0 Å². The van der Waals surface area contributed by atoms with Gasteiger partial charge in [0.15, 0.2) is 0 Å². The molecule has 0 aromatic carbocycles. The molecule has 0 aliphatic carbocycles. The second-order valence-corrected chi connectivity index (χ2v) is 4.72. The molecule has 100 valence electrons. The molecule has 0 saturated carbocycles. The zero-order valence-electron chi connectivity index (χ0n) is 11.1. The molecule has 1 amide bonds. The van der Waals surface area contributed by atoms with E-state index in [0.717, 1.165) is 19.4 Å². The number of ether oxygens (including phenoxy) is 1. The Morgan fingerprint density at radius 3 is 2.89 bits per heavy atom. The summed E-state index contributed by atoms with van der Waals surface area (Å²) in [5.74, 6) is 0.723. The minimum Gasteiger partial charge on any atom is -0.469 e. The number of amides is 1. The molecule has 4 nitrogen and oxygen atoms in total. The Morgan fingerprint density at radius 2 is 2.33 bits per heavy atom. The largest absolute Gasteiger partial charge is 0.469 e. The Balaban J connectivity index is 1.99. The quantitative estimate of drug-likeness (QED) is 0.826. The Morgan fingerprint density at radius 1 is 1.50 bits per heavy atom. The van der Waals surface area contributed by atoms with E-state index in [1.54, 1.807) is 12.3 Å². The molecule has 4 heteroatoms. The number of furan rings is 1. The zero-order valence-corrected chi connectivity index (χ0v) is 11.1. The van der Waals surface area contributed by atoms with Crippen molar-refractivity contribution in [2.45, 2.75) is 39.2 Å². The highest BCUT2D eigenvalue weighted by Gasteiger charge is 2.23. The van der Waals surface area contributed by atoms with Crippen molar-refractivity contribution in [1.29, 1.82) is 0 Å². The molecule has 0 spiro atoms. The van der Waals surface area contributed by atoms with Crippen LogP contribution >= 0.6 is 0 Å². The Hall–Kier alpha value is -1.29. The van der Waals surface area contributed by atoms with Crippen molar-refractivity contribution in [2.24, 2.45) is 0 Å². The topological polar surface area (TPSA) is 42.7 Å². The molecule has 1 aliphatic rings. The van der Waals surface area contributed by atoms with Crippen molar-refractivity contribution in [2.75, 3.05) is 19.7 Å². The number of likely N-dealkylation sites (N-methyl/N-ethyl adjacent to an activating group) is 1. The number of nitrogens with zero attached hydrogens (tertiary/aromatic N) is 1. The third-order valence-electron chi connectivity index (χ3n) is 3.46. The van der Waals surface area contributed by atoms with Gasteiger partial charge in [-0.1, -0.05) is 0 Å². The maximum atomic E-state index is 12.3. The minimum absolute atomic E-state index is 0.0397. The van der Waals surface area contributed by atoms with Gasteiger partial charge in [-0.15, -0.1) is 0 Å². The van der Waals surface area contributed by atoms with Crippen LogP contribution in [0.15, 0.2) is 16.7 Å². The standard InChI is InChI=1S/C14H21NO3/c1-3-15(10-12-6-4-5-8-18-12)14(16)13-7-9-17-11(13)2/h7,9,12H,3-6,8,10H2,1-2H3/t12-/m1/s1. The molecule has 2 heterocycles. The van der Waals surface area contributed by atoms with Gasteiger partial charge in [0.1, 0.15) is 5.76 Å². The van der Waals surface area contributed by atoms with E-state index in [1.807, 2.05) is 18.7 Å². The smallest absolute Gasteiger partial charge is 0.257 e. The molecular weight excluding hydrogens is 230 g/mol. The molecule has 1 aliphatic heterocycles. The first-order chi connectivity index (χ1) is 8.72. The van der Waals surface area contributed by atoms with Crippen LogP contribution in [-0.4, -0.2) is 36.6 Å². The van der Waals surface area contributed by atoms with Gasteiger partial charge in [-0.25, -0.2) is 0 Å². The van der Waals surface area contributed by atoms with Crippen LogP contribution in [0.1, 0.15) is 42.3 Å². The van der Waals surface area contributed by atoms with Crippen molar-refractivity contribution in [1.82, 2.24) is 4.90 Å². The summed E-state index contributed by atoms with van der Waals surface area (Å²) in [6.07, 6.45) is 5.13. The van der Waals surface area contributed by atoms with E-state index < -0.39 is 0 Å². The average molecular weight is 251 g/mol. The van der Waals surface area contributed by atoms with Gasteiger partial charge in [-0.3, -0.25) is 4.79 Å². The SMILES string of the molecule is CCN(C[C@H]1CCCCO1)C(=O)c1ccoc1C. The van der Waals surface area contributed by atoms with Crippen molar-refractivity contribution in [3.8, 4) is 0 Å². The number of hydrogen-bond donors (Lipinski definition) is 0. The molecule has 2 rings (SSSR count). The fourth-order valence-electron chi connectivity index (χ4n) is 2.33. The molecule has 18 heavy (non-hydrogen) atoms. The third kappa shape index (κ3) is 2.93. The van der Waals surface area contributed by atoms with E-state index in [2.05, 4.69) is 0 Å². The van der Waals surface area contributed by atoms with Crippen LogP contribution in [-0.2, 0) is 4.74 Å². The van der Waals surface area contributed by atoms with Crippen LogP contribution in [0.3, 0.4) is 0 Å². The summed E-state index contributed by atoms with van der Waals surface area (Å²) in [7, 11) is 0. The van der Waals surface area contributed by atoms with Gasteiger partial charge < -0.3 is 14.1 Å². The van der Waals surface area contributed by atoms with Crippen molar-refractivity contribution in [3.63, 3.8) is 0 Å². The molecule has 1 fully saturated rings. The van der Waals surface area contributed by atoms with Gasteiger partial charge in [0, 0.05) is 19.7 Å². The number of carbonyl (C=O) groups is 1. The van der Waals surface area contributed by atoms with Gasteiger partial charge in [-0.2, -0.15) is 0 Å².